The molecule has 1 aliphatic heterocycles. The Bertz CT molecular complexity index is 1330. The normalized spacial score (nSPS) is 16.7. The van der Waals surface area contributed by atoms with Crippen molar-refractivity contribution in [2.24, 2.45) is 0 Å². The van der Waals surface area contributed by atoms with E-state index in [1.165, 1.54) is 17.5 Å². The molecule has 0 aromatic carbocycles. The highest BCUT2D eigenvalue weighted by molar-refractivity contribution is 7.14. The van der Waals surface area contributed by atoms with Gasteiger partial charge in [-0.25, -0.2) is 15.0 Å². The smallest absolute Gasteiger partial charge is 0.387 e. The number of H-pyrrole nitrogens is 1. The average molecular weight is 473 g/mol. The molecule has 0 unspecified atom stereocenters. The second kappa shape index (κ2) is 8.10. The number of piperidine rings is 1. The highest BCUT2D eigenvalue weighted by Gasteiger charge is 2.36. The Labute approximate surface area is 190 Å². The van der Waals surface area contributed by atoms with Gasteiger partial charge in [0.2, 0.25) is 5.95 Å². The Kier molecular flexibility index (Phi) is 5.23. The molecular formula is C21H19F3N8S. The molecule has 4 aromatic heterocycles. The highest BCUT2D eigenvalue weighted by Crippen LogP contribution is 2.39. The Balaban J connectivity index is 1.54. The minimum atomic E-state index is -4.61. The first-order chi connectivity index (χ1) is 15.8. The molecule has 12 heteroatoms. The van der Waals surface area contributed by atoms with Gasteiger partial charge in [0.25, 0.3) is 0 Å². The largest absolute Gasteiger partial charge is 0.419 e. The van der Waals surface area contributed by atoms with Crippen molar-refractivity contribution in [1.82, 2.24) is 35.5 Å². The van der Waals surface area contributed by atoms with Gasteiger partial charge in [-0.2, -0.15) is 13.2 Å². The van der Waals surface area contributed by atoms with Crippen LogP contribution in [0.4, 0.5) is 19.1 Å². The number of alkyl halides is 3. The number of fused-ring (bicyclic) bond motifs is 1. The van der Waals surface area contributed by atoms with Gasteiger partial charge in [0.1, 0.15) is 21.9 Å². The van der Waals surface area contributed by atoms with Crippen molar-refractivity contribution >= 4 is 28.3 Å². The molecule has 1 atom stereocenters. The van der Waals surface area contributed by atoms with E-state index in [0.29, 0.717) is 33.8 Å². The molecule has 0 saturated carbocycles. The average Bonchev–Trinajstić information content (AvgIpc) is 3.40. The van der Waals surface area contributed by atoms with E-state index in [1.807, 2.05) is 6.92 Å². The molecule has 0 amide bonds. The fourth-order valence-corrected chi connectivity index (χ4v) is 4.36. The summed E-state index contributed by atoms with van der Waals surface area (Å²) in [5, 5.41) is 16.3. The van der Waals surface area contributed by atoms with Crippen molar-refractivity contribution < 1.29 is 13.2 Å². The quantitative estimate of drug-likeness (QED) is 0.400. The van der Waals surface area contributed by atoms with Gasteiger partial charge in [-0.05, 0) is 31.9 Å². The molecule has 5 rings (SSSR count). The van der Waals surface area contributed by atoms with Crippen molar-refractivity contribution in [2.45, 2.75) is 32.0 Å². The van der Waals surface area contributed by atoms with Gasteiger partial charge in [-0.15, -0.1) is 10.2 Å². The molecule has 4 aromatic rings. The number of aromatic nitrogens is 6. The summed E-state index contributed by atoms with van der Waals surface area (Å²) in [4.78, 5) is 15.7. The maximum Gasteiger partial charge on any atom is 0.419 e. The first-order valence-corrected chi connectivity index (χ1v) is 11.0. The summed E-state index contributed by atoms with van der Waals surface area (Å²) in [6, 6.07) is 3.42. The maximum absolute atomic E-state index is 13.8. The molecule has 0 bridgehead atoms. The van der Waals surface area contributed by atoms with Crippen molar-refractivity contribution in [3.63, 3.8) is 0 Å². The fraction of sp³-hybridized carbons (Fsp3) is 0.286. The number of nitrogens with one attached hydrogen (secondary N) is 3. The Morgan fingerprint density at radius 3 is 2.76 bits per heavy atom. The lowest BCUT2D eigenvalue weighted by Gasteiger charge is -2.26. The molecule has 33 heavy (non-hydrogen) atoms. The minimum Gasteiger partial charge on any atom is -0.387 e. The first-order valence-electron chi connectivity index (χ1n) is 10.2. The summed E-state index contributed by atoms with van der Waals surface area (Å²) in [7, 11) is 0. The number of halogens is 3. The van der Waals surface area contributed by atoms with Crippen LogP contribution in [0.15, 0.2) is 36.8 Å². The zero-order chi connectivity index (χ0) is 23.2. The van der Waals surface area contributed by atoms with Crippen LogP contribution in [0.3, 0.4) is 0 Å². The van der Waals surface area contributed by atoms with Crippen molar-refractivity contribution in [3.8, 4) is 22.0 Å². The van der Waals surface area contributed by atoms with E-state index < -0.39 is 11.7 Å². The molecule has 5 heterocycles. The Morgan fingerprint density at radius 2 is 2.06 bits per heavy atom. The lowest BCUT2D eigenvalue weighted by molar-refractivity contribution is -0.137. The molecule has 3 N–H and O–H groups in total. The Hall–Kier alpha value is -3.54. The number of hydrogen-bond acceptors (Lipinski definition) is 8. The van der Waals surface area contributed by atoms with Gasteiger partial charge in [0, 0.05) is 41.6 Å². The predicted octanol–water partition coefficient (Wildman–Crippen LogP) is 4.54. The van der Waals surface area contributed by atoms with Crippen LogP contribution in [-0.2, 0) is 6.18 Å². The summed E-state index contributed by atoms with van der Waals surface area (Å²) < 4.78 is 41.4. The topological polar surface area (TPSA) is 104 Å². The minimum absolute atomic E-state index is 0.0114. The third-order valence-corrected chi connectivity index (χ3v) is 6.22. The second-order valence-corrected chi connectivity index (χ2v) is 8.92. The van der Waals surface area contributed by atoms with Crippen LogP contribution in [0.5, 0.6) is 0 Å². The van der Waals surface area contributed by atoms with Crippen molar-refractivity contribution in [1.29, 1.82) is 0 Å². The van der Waals surface area contributed by atoms with Gasteiger partial charge in [0.05, 0.1) is 5.69 Å². The molecular weight excluding hydrogens is 453 g/mol. The van der Waals surface area contributed by atoms with E-state index in [2.05, 4.69) is 47.3 Å². The van der Waals surface area contributed by atoms with Crippen LogP contribution in [0.1, 0.15) is 23.4 Å². The van der Waals surface area contributed by atoms with Crippen LogP contribution in [0.2, 0.25) is 0 Å². The number of pyridine rings is 1. The molecule has 1 saturated heterocycles. The summed E-state index contributed by atoms with van der Waals surface area (Å²) in [5.41, 5.74) is 1.15. The number of anilines is 1. The predicted molar refractivity (Wildman–Crippen MR) is 120 cm³/mol. The van der Waals surface area contributed by atoms with Gasteiger partial charge in [-0.1, -0.05) is 17.9 Å². The maximum atomic E-state index is 13.8. The van der Waals surface area contributed by atoms with Crippen molar-refractivity contribution in [2.75, 3.05) is 11.9 Å². The van der Waals surface area contributed by atoms with Crippen LogP contribution < -0.4 is 10.6 Å². The summed E-state index contributed by atoms with van der Waals surface area (Å²) in [5.74, 6) is 0.139. The van der Waals surface area contributed by atoms with Gasteiger partial charge >= 0.3 is 6.18 Å². The van der Waals surface area contributed by atoms with E-state index in [1.54, 1.807) is 12.1 Å². The zero-order valence-corrected chi connectivity index (χ0v) is 18.3. The van der Waals surface area contributed by atoms with Crippen molar-refractivity contribution in [3.05, 3.63) is 47.4 Å². The number of rotatable bonds is 4. The molecule has 170 valence electrons. The second-order valence-electron chi connectivity index (χ2n) is 7.74. The third-order valence-electron chi connectivity index (χ3n) is 5.36. The monoisotopic (exact) mass is 472 g/mol. The number of nitrogens with zero attached hydrogens (tertiary/aromatic N) is 5. The number of aromatic amines is 1. The zero-order valence-electron chi connectivity index (χ0n) is 17.5. The van der Waals surface area contributed by atoms with E-state index in [0.717, 1.165) is 29.7 Å². The van der Waals surface area contributed by atoms with Crippen LogP contribution in [0.25, 0.3) is 33.0 Å². The first kappa shape index (κ1) is 21.3. The van der Waals surface area contributed by atoms with Crippen LogP contribution in [0, 0.1) is 6.92 Å². The Morgan fingerprint density at radius 1 is 1.21 bits per heavy atom. The van der Waals surface area contributed by atoms with Crippen LogP contribution in [-0.4, -0.2) is 42.7 Å². The molecule has 0 aliphatic carbocycles. The van der Waals surface area contributed by atoms with Gasteiger partial charge in [-0.3, -0.25) is 0 Å². The molecule has 0 radical (unpaired) electrons. The number of allylic oxidation sites excluding steroid dienone is 1. The van der Waals surface area contributed by atoms with Gasteiger partial charge in [0.15, 0.2) is 5.01 Å². The molecule has 1 fully saturated rings. The SMILES string of the molecule is C=C1CC[C@H](Nc2ncc(C(F)(F)F)c(-c3c[nH]c4nc(-c5nnc(C)s5)ccc34)n2)CN1. The van der Waals surface area contributed by atoms with Crippen LogP contribution >= 0.6 is 11.3 Å². The summed E-state index contributed by atoms with van der Waals surface area (Å²) in [6.45, 7) is 6.33. The van der Waals surface area contributed by atoms with E-state index >= 15 is 0 Å². The van der Waals surface area contributed by atoms with E-state index in [-0.39, 0.29) is 17.7 Å². The number of aryl methyl sites for hydroxylation is 1. The van der Waals surface area contributed by atoms with E-state index in [9.17, 15) is 13.2 Å². The molecule has 1 aliphatic rings. The van der Waals surface area contributed by atoms with E-state index in [4.69, 9.17) is 0 Å². The van der Waals surface area contributed by atoms with Gasteiger partial charge < -0.3 is 15.6 Å². The molecule has 8 nitrogen and oxygen atoms in total. The standard InChI is InChI=1S/C21H19F3N8S/c1-10-3-4-12(7-25-10)28-20-27-9-15(21(22,23)24)17(30-20)14-8-26-18-13(14)5-6-16(29-18)19-32-31-11(2)33-19/h5-6,8-9,12,25H,1,3-4,7H2,2H3,(H,26,29)(H,27,28,30)/t12-/m0/s1. The fourth-order valence-electron chi connectivity index (χ4n) is 3.70. The lowest BCUT2D eigenvalue weighted by Crippen LogP contribution is -2.37. The number of hydrogen-bond donors (Lipinski definition) is 3. The molecule has 0 spiro atoms. The summed E-state index contributed by atoms with van der Waals surface area (Å²) in [6.07, 6.45) is -0.740. The third kappa shape index (κ3) is 4.25. The summed E-state index contributed by atoms with van der Waals surface area (Å²) >= 11 is 1.39. The lowest BCUT2D eigenvalue weighted by atomic mass is 10.1. The highest BCUT2D eigenvalue weighted by atomic mass is 32.1.